The third-order valence-corrected chi connectivity index (χ3v) is 4.19. The molecule has 0 bridgehead atoms. The summed E-state index contributed by atoms with van der Waals surface area (Å²) in [4.78, 5) is 9.18. The first-order valence-corrected chi connectivity index (χ1v) is 6.66. The minimum Gasteiger partial charge on any atom is -0.383 e. The molecule has 0 aromatic carbocycles. The second-order valence-corrected chi connectivity index (χ2v) is 6.98. The molecule has 1 saturated carbocycles. The van der Waals surface area contributed by atoms with Crippen molar-refractivity contribution in [2.45, 2.75) is 51.4 Å². The summed E-state index contributed by atoms with van der Waals surface area (Å²) in [5, 5.41) is 0. The number of rotatable bonds is 1. The van der Waals surface area contributed by atoms with E-state index in [4.69, 9.17) is 10.7 Å². The number of nitrogen functional groups attached to an aromatic ring is 1. The summed E-state index contributed by atoms with van der Waals surface area (Å²) in [5.74, 6) is 1.55. The van der Waals surface area contributed by atoms with E-state index in [0.717, 1.165) is 15.1 Å². The van der Waals surface area contributed by atoms with E-state index in [2.05, 4.69) is 55.3 Å². The van der Waals surface area contributed by atoms with Crippen molar-refractivity contribution in [1.29, 1.82) is 0 Å². The van der Waals surface area contributed by atoms with Gasteiger partial charge in [-0.05, 0) is 35.4 Å². The molecule has 0 aliphatic heterocycles. The first-order valence-electron chi connectivity index (χ1n) is 5.58. The number of halogens is 1. The number of hydrogen-bond donors (Lipinski definition) is 1. The van der Waals surface area contributed by atoms with Crippen LogP contribution in [0.4, 0.5) is 5.82 Å². The van der Waals surface area contributed by atoms with E-state index in [1.807, 2.05) is 0 Å². The van der Waals surface area contributed by atoms with Gasteiger partial charge in [0, 0.05) is 10.8 Å². The summed E-state index contributed by atoms with van der Waals surface area (Å²) in [6.45, 7) is 8.70. The van der Waals surface area contributed by atoms with Gasteiger partial charge in [-0.1, -0.05) is 27.7 Å². The van der Waals surface area contributed by atoms with Crippen LogP contribution < -0.4 is 5.73 Å². The van der Waals surface area contributed by atoms with Gasteiger partial charge in [-0.15, -0.1) is 0 Å². The lowest BCUT2D eigenvalue weighted by molar-refractivity contribution is 0.550. The van der Waals surface area contributed by atoms with Crippen LogP contribution in [-0.4, -0.2) is 9.97 Å². The number of nitrogens with zero attached hydrogens (tertiary/aromatic N) is 2. The van der Waals surface area contributed by atoms with Crippen LogP contribution in [0.1, 0.15) is 52.1 Å². The van der Waals surface area contributed by atoms with Crippen molar-refractivity contribution >= 4 is 28.4 Å². The van der Waals surface area contributed by atoms with E-state index >= 15 is 0 Å². The fraction of sp³-hybridized carbons (Fsp3) is 0.667. The molecule has 0 unspecified atom stereocenters. The lowest BCUT2D eigenvalue weighted by Gasteiger charge is -2.22. The van der Waals surface area contributed by atoms with Crippen LogP contribution >= 0.6 is 22.6 Å². The highest BCUT2D eigenvalue weighted by molar-refractivity contribution is 14.1. The maximum absolute atomic E-state index is 5.98. The molecule has 1 heterocycles. The molecule has 88 valence electrons. The van der Waals surface area contributed by atoms with Gasteiger partial charge >= 0.3 is 0 Å². The van der Waals surface area contributed by atoms with Crippen LogP contribution in [0.15, 0.2) is 0 Å². The molecule has 1 fully saturated rings. The molecule has 3 nitrogen and oxygen atoms in total. The Morgan fingerprint density at radius 2 is 1.81 bits per heavy atom. The van der Waals surface area contributed by atoms with E-state index < -0.39 is 0 Å². The Morgan fingerprint density at radius 3 is 2.25 bits per heavy atom. The zero-order valence-electron chi connectivity index (χ0n) is 10.3. The van der Waals surface area contributed by atoms with Crippen LogP contribution in [0.3, 0.4) is 0 Å². The molecule has 0 saturated heterocycles. The van der Waals surface area contributed by atoms with E-state index in [-0.39, 0.29) is 10.8 Å². The third-order valence-electron chi connectivity index (χ3n) is 3.13. The van der Waals surface area contributed by atoms with Gasteiger partial charge < -0.3 is 5.73 Å². The Balaban J connectivity index is 2.56. The lowest BCUT2D eigenvalue weighted by atomic mass is 9.91. The average Bonchev–Trinajstić information content (AvgIpc) is 2.87. The first-order chi connectivity index (χ1) is 7.24. The first kappa shape index (κ1) is 12.1. The van der Waals surface area contributed by atoms with Crippen molar-refractivity contribution in [3.05, 3.63) is 15.1 Å². The lowest BCUT2D eigenvalue weighted by Crippen LogP contribution is -2.21. The minimum atomic E-state index is 0.0214. The Morgan fingerprint density at radius 1 is 1.25 bits per heavy atom. The van der Waals surface area contributed by atoms with Gasteiger partial charge in [0.05, 0.1) is 9.26 Å². The van der Waals surface area contributed by atoms with Crippen molar-refractivity contribution in [2.75, 3.05) is 5.73 Å². The van der Waals surface area contributed by atoms with Crippen LogP contribution in [-0.2, 0) is 10.8 Å². The highest BCUT2D eigenvalue weighted by atomic mass is 127. The Labute approximate surface area is 110 Å². The van der Waals surface area contributed by atoms with Crippen LogP contribution in [0.25, 0.3) is 0 Å². The molecule has 2 N–H and O–H groups in total. The van der Waals surface area contributed by atoms with Gasteiger partial charge in [-0.25, -0.2) is 9.97 Å². The van der Waals surface area contributed by atoms with Gasteiger partial charge in [-0.2, -0.15) is 0 Å². The molecule has 0 atom stereocenters. The highest BCUT2D eigenvalue weighted by Crippen LogP contribution is 2.46. The average molecular weight is 331 g/mol. The largest absolute Gasteiger partial charge is 0.383 e. The van der Waals surface area contributed by atoms with Gasteiger partial charge in [0.2, 0.25) is 0 Å². The summed E-state index contributed by atoms with van der Waals surface area (Å²) in [7, 11) is 0. The van der Waals surface area contributed by atoms with Crippen molar-refractivity contribution < 1.29 is 0 Å². The van der Waals surface area contributed by atoms with Crippen LogP contribution in [0, 0.1) is 3.57 Å². The summed E-state index contributed by atoms with van der Waals surface area (Å²) in [6.07, 6.45) is 2.35. The molecule has 1 aromatic rings. The van der Waals surface area contributed by atoms with Crippen molar-refractivity contribution in [1.82, 2.24) is 9.97 Å². The topological polar surface area (TPSA) is 51.8 Å². The second-order valence-electron chi connectivity index (χ2n) is 5.91. The van der Waals surface area contributed by atoms with Gasteiger partial charge in [0.25, 0.3) is 0 Å². The van der Waals surface area contributed by atoms with Gasteiger partial charge in [0.1, 0.15) is 11.6 Å². The quantitative estimate of drug-likeness (QED) is 0.805. The van der Waals surface area contributed by atoms with Crippen molar-refractivity contribution in [2.24, 2.45) is 0 Å². The molecule has 0 amide bonds. The maximum atomic E-state index is 5.98. The summed E-state index contributed by atoms with van der Waals surface area (Å²) >= 11 is 2.25. The Kier molecular flexibility index (Phi) is 2.68. The molecule has 1 aliphatic rings. The zero-order valence-corrected chi connectivity index (χ0v) is 12.4. The molecule has 4 heteroatoms. The third kappa shape index (κ3) is 2.04. The van der Waals surface area contributed by atoms with Crippen LogP contribution in [0.5, 0.6) is 0 Å². The van der Waals surface area contributed by atoms with Gasteiger partial charge in [-0.3, -0.25) is 0 Å². The summed E-state index contributed by atoms with van der Waals surface area (Å²) < 4.78 is 0.998. The fourth-order valence-corrected chi connectivity index (χ4v) is 2.69. The number of nitrogens with two attached hydrogens (primary N) is 1. The Bertz CT molecular complexity index is 431. The zero-order chi connectivity index (χ0) is 12.1. The molecule has 16 heavy (non-hydrogen) atoms. The fourth-order valence-electron chi connectivity index (χ4n) is 1.64. The molecule has 1 aromatic heterocycles. The number of anilines is 1. The normalized spacial score (nSPS) is 18.6. The van der Waals surface area contributed by atoms with E-state index in [0.29, 0.717) is 5.82 Å². The summed E-state index contributed by atoms with van der Waals surface area (Å²) in [6, 6.07) is 0. The smallest absolute Gasteiger partial charge is 0.140 e. The van der Waals surface area contributed by atoms with E-state index in [9.17, 15) is 0 Å². The molecular formula is C12H18IN3. The number of hydrogen-bond acceptors (Lipinski definition) is 3. The van der Waals surface area contributed by atoms with Crippen molar-refractivity contribution in [3.8, 4) is 0 Å². The number of aromatic nitrogens is 2. The highest BCUT2D eigenvalue weighted by Gasteiger charge is 2.43. The predicted octanol–water partition coefficient (Wildman–Crippen LogP) is 3.01. The maximum Gasteiger partial charge on any atom is 0.140 e. The predicted molar refractivity (Wildman–Crippen MR) is 74.4 cm³/mol. The van der Waals surface area contributed by atoms with Gasteiger partial charge in [0.15, 0.2) is 0 Å². The molecule has 2 rings (SSSR count). The molecule has 0 radical (unpaired) electrons. The van der Waals surface area contributed by atoms with E-state index in [1.54, 1.807) is 0 Å². The summed E-state index contributed by atoms with van der Waals surface area (Å²) in [5.41, 5.74) is 7.26. The van der Waals surface area contributed by atoms with Crippen molar-refractivity contribution in [3.63, 3.8) is 0 Å². The second kappa shape index (κ2) is 3.55. The van der Waals surface area contributed by atoms with Crippen LogP contribution in [0.2, 0.25) is 0 Å². The molecule has 0 spiro atoms. The van der Waals surface area contributed by atoms with E-state index in [1.165, 1.54) is 12.8 Å². The molecular weight excluding hydrogens is 313 g/mol. The molecule has 1 aliphatic carbocycles. The standard InChI is InChI=1S/C12H18IN3/c1-11(2,3)8-7(13)9(14)16-10(15-8)12(4)5-6-12/h5-6H2,1-4H3,(H2,14,15,16). The SMILES string of the molecule is CC(C)(C)c1nc(C2(C)CC2)nc(N)c1I. The Hall–Kier alpha value is -0.390. The monoisotopic (exact) mass is 331 g/mol. The minimum absolute atomic E-state index is 0.0214.